The minimum Gasteiger partial charge on any atom is -0.343 e. The standard InChI is InChI=1S/C16H13ClIN3O2/c17-12-7-5-11(6-8-12)9-20-21-15(22)10-19-16(23)13-3-1-2-4-14(13)18/h1-9H,10H2,(H,19,23)(H,21,22)/b20-9-. The Balaban J connectivity index is 1.80. The lowest BCUT2D eigenvalue weighted by molar-refractivity contribution is -0.120. The molecule has 2 aromatic carbocycles. The average Bonchev–Trinajstić information content (AvgIpc) is 2.55. The number of nitrogens with one attached hydrogen (secondary N) is 2. The number of carbonyl (C=O) groups excluding carboxylic acids is 2. The Morgan fingerprint density at radius 3 is 2.52 bits per heavy atom. The molecular formula is C16H13ClIN3O2. The van der Waals surface area contributed by atoms with Gasteiger partial charge in [0.2, 0.25) is 0 Å². The van der Waals surface area contributed by atoms with E-state index in [4.69, 9.17) is 11.6 Å². The van der Waals surface area contributed by atoms with Crippen molar-refractivity contribution in [2.24, 2.45) is 5.10 Å². The normalized spacial score (nSPS) is 10.5. The van der Waals surface area contributed by atoms with Crippen LogP contribution in [-0.2, 0) is 4.79 Å². The fourth-order valence-corrected chi connectivity index (χ4v) is 2.43. The van der Waals surface area contributed by atoms with Crippen LogP contribution in [-0.4, -0.2) is 24.6 Å². The number of carbonyl (C=O) groups is 2. The highest BCUT2D eigenvalue weighted by molar-refractivity contribution is 14.1. The lowest BCUT2D eigenvalue weighted by Gasteiger charge is -2.05. The number of benzene rings is 2. The number of rotatable bonds is 5. The van der Waals surface area contributed by atoms with Gasteiger partial charge in [-0.1, -0.05) is 35.9 Å². The van der Waals surface area contributed by atoms with E-state index < -0.39 is 5.91 Å². The molecule has 0 atom stereocenters. The molecule has 118 valence electrons. The minimum absolute atomic E-state index is 0.151. The minimum atomic E-state index is -0.408. The second kappa shape index (κ2) is 8.64. The molecule has 0 fully saturated rings. The molecule has 0 aliphatic heterocycles. The first-order chi connectivity index (χ1) is 11.1. The first-order valence-corrected chi connectivity index (χ1v) is 8.12. The van der Waals surface area contributed by atoms with Crippen molar-refractivity contribution in [3.05, 3.63) is 68.3 Å². The molecule has 0 saturated heterocycles. The fourth-order valence-electron chi connectivity index (χ4n) is 1.67. The van der Waals surface area contributed by atoms with E-state index in [0.29, 0.717) is 10.6 Å². The lowest BCUT2D eigenvalue weighted by atomic mass is 10.2. The monoisotopic (exact) mass is 441 g/mol. The summed E-state index contributed by atoms with van der Waals surface area (Å²) in [5.41, 5.74) is 3.68. The summed E-state index contributed by atoms with van der Waals surface area (Å²) in [6, 6.07) is 14.1. The van der Waals surface area contributed by atoms with Crippen LogP contribution >= 0.6 is 34.2 Å². The van der Waals surface area contributed by atoms with Gasteiger partial charge in [0.25, 0.3) is 11.8 Å². The summed E-state index contributed by atoms with van der Waals surface area (Å²) < 4.78 is 0.823. The third-order valence-corrected chi connectivity index (χ3v) is 3.99. The molecule has 0 heterocycles. The van der Waals surface area contributed by atoms with Crippen molar-refractivity contribution in [2.75, 3.05) is 6.54 Å². The highest BCUT2D eigenvalue weighted by Crippen LogP contribution is 2.10. The molecule has 0 bridgehead atoms. The molecular weight excluding hydrogens is 429 g/mol. The number of hydrogen-bond donors (Lipinski definition) is 2. The molecule has 2 rings (SSSR count). The van der Waals surface area contributed by atoms with E-state index in [0.717, 1.165) is 9.13 Å². The molecule has 0 radical (unpaired) electrons. The summed E-state index contributed by atoms with van der Waals surface area (Å²) in [6.07, 6.45) is 1.50. The molecule has 2 N–H and O–H groups in total. The Labute approximate surface area is 152 Å². The molecule has 2 aromatic rings. The lowest BCUT2D eigenvalue weighted by Crippen LogP contribution is -2.35. The van der Waals surface area contributed by atoms with E-state index in [1.54, 1.807) is 36.4 Å². The topological polar surface area (TPSA) is 70.6 Å². The first kappa shape index (κ1) is 17.4. The van der Waals surface area contributed by atoms with Gasteiger partial charge in [-0.05, 0) is 52.4 Å². The summed E-state index contributed by atoms with van der Waals surface area (Å²) in [5.74, 6) is -0.707. The zero-order valence-electron chi connectivity index (χ0n) is 11.9. The van der Waals surface area contributed by atoms with Crippen LogP contribution in [0.2, 0.25) is 5.02 Å². The van der Waals surface area contributed by atoms with Gasteiger partial charge in [-0.15, -0.1) is 0 Å². The third kappa shape index (κ3) is 5.65. The number of hydrazone groups is 1. The van der Waals surface area contributed by atoms with E-state index >= 15 is 0 Å². The van der Waals surface area contributed by atoms with Crippen molar-refractivity contribution in [1.29, 1.82) is 0 Å². The van der Waals surface area contributed by atoms with E-state index in [1.807, 2.05) is 12.1 Å². The first-order valence-electron chi connectivity index (χ1n) is 6.66. The van der Waals surface area contributed by atoms with Crippen LogP contribution in [0.1, 0.15) is 15.9 Å². The van der Waals surface area contributed by atoms with Gasteiger partial charge in [0.15, 0.2) is 0 Å². The van der Waals surface area contributed by atoms with Crippen molar-refractivity contribution in [2.45, 2.75) is 0 Å². The van der Waals surface area contributed by atoms with Gasteiger partial charge in [-0.25, -0.2) is 5.43 Å². The van der Waals surface area contributed by atoms with Gasteiger partial charge in [0, 0.05) is 8.59 Å². The Hall–Kier alpha value is -1.93. The van der Waals surface area contributed by atoms with Crippen LogP contribution in [0.15, 0.2) is 53.6 Å². The smallest absolute Gasteiger partial charge is 0.259 e. The van der Waals surface area contributed by atoms with Crippen LogP contribution < -0.4 is 10.7 Å². The van der Waals surface area contributed by atoms with Crippen LogP contribution in [0.3, 0.4) is 0 Å². The molecule has 0 saturated carbocycles. The van der Waals surface area contributed by atoms with Crippen molar-refractivity contribution >= 4 is 52.2 Å². The van der Waals surface area contributed by atoms with Crippen molar-refractivity contribution in [1.82, 2.24) is 10.7 Å². The molecule has 0 aliphatic carbocycles. The van der Waals surface area contributed by atoms with Gasteiger partial charge in [-0.3, -0.25) is 9.59 Å². The predicted molar refractivity (Wildman–Crippen MR) is 98.7 cm³/mol. The van der Waals surface area contributed by atoms with Crippen molar-refractivity contribution in [3.63, 3.8) is 0 Å². The van der Waals surface area contributed by atoms with E-state index in [9.17, 15) is 9.59 Å². The fraction of sp³-hybridized carbons (Fsp3) is 0.0625. The molecule has 23 heavy (non-hydrogen) atoms. The van der Waals surface area contributed by atoms with Gasteiger partial charge < -0.3 is 5.32 Å². The van der Waals surface area contributed by atoms with Gasteiger partial charge in [0.1, 0.15) is 0 Å². The van der Waals surface area contributed by atoms with Gasteiger partial charge >= 0.3 is 0 Å². The van der Waals surface area contributed by atoms with E-state index in [1.165, 1.54) is 6.21 Å². The van der Waals surface area contributed by atoms with E-state index in [2.05, 4.69) is 38.4 Å². The SMILES string of the molecule is O=C(CNC(=O)c1ccccc1I)N/N=C\c1ccc(Cl)cc1. The third-order valence-electron chi connectivity index (χ3n) is 2.80. The Bertz CT molecular complexity index is 732. The largest absolute Gasteiger partial charge is 0.343 e. The second-order valence-corrected chi connectivity index (χ2v) is 6.11. The Morgan fingerprint density at radius 2 is 1.83 bits per heavy atom. The number of amides is 2. The number of halogens is 2. The molecule has 2 amide bonds. The zero-order valence-corrected chi connectivity index (χ0v) is 14.8. The van der Waals surface area contributed by atoms with Crippen LogP contribution in [0, 0.1) is 3.57 Å². The molecule has 0 aliphatic rings. The van der Waals surface area contributed by atoms with E-state index in [-0.39, 0.29) is 12.5 Å². The highest BCUT2D eigenvalue weighted by Gasteiger charge is 2.10. The Kier molecular flexibility index (Phi) is 6.54. The predicted octanol–water partition coefficient (Wildman–Crippen LogP) is 2.82. The second-order valence-electron chi connectivity index (χ2n) is 4.51. The highest BCUT2D eigenvalue weighted by atomic mass is 127. The summed E-state index contributed by atoms with van der Waals surface area (Å²) in [7, 11) is 0. The summed E-state index contributed by atoms with van der Waals surface area (Å²) >= 11 is 7.84. The Morgan fingerprint density at radius 1 is 1.13 bits per heavy atom. The molecule has 0 aromatic heterocycles. The molecule has 0 spiro atoms. The van der Waals surface area contributed by atoms with Crippen LogP contribution in [0.4, 0.5) is 0 Å². The maximum Gasteiger partial charge on any atom is 0.259 e. The summed E-state index contributed by atoms with van der Waals surface area (Å²) in [5, 5.41) is 7.00. The van der Waals surface area contributed by atoms with Crippen LogP contribution in [0.5, 0.6) is 0 Å². The summed E-state index contributed by atoms with van der Waals surface area (Å²) in [4.78, 5) is 23.6. The molecule has 0 unspecified atom stereocenters. The molecule has 7 heteroatoms. The summed E-state index contributed by atoms with van der Waals surface area (Å²) in [6.45, 7) is -0.151. The van der Waals surface area contributed by atoms with Crippen LogP contribution in [0.25, 0.3) is 0 Å². The molecule has 5 nitrogen and oxygen atoms in total. The van der Waals surface area contributed by atoms with Gasteiger partial charge in [0.05, 0.1) is 18.3 Å². The van der Waals surface area contributed by atoms with Crippen molar-refractivity contribution in [3.8, 4) is 0 Å². The number of hydrogen-bond acceptors (Lipinski definition) is 3. The quantitative estimate of drug-likeness (QED) is 0.426. The van der Waals surface area contributed by atoms with Crippen molar-refractivity contribution < 1.29 is 9.59 Å². The maximum atomic E-state index is 12.0. The zero-order chi connectivity index (χ0) is 16.7. The van der Waals surface area contributed by atoms with Gasteiger partial charge in [-0.2, -0.15) is 5.10 Å². The number of nitrogens with zero attached hydrogens (tertiary/aromatic N) is 1. The average molecular weight is 442 g/mol. The maximum absolute atomic E-state index is 12.0.